The van der Waals surface area contributed by atoms with Gasteiger partial charge in [0.2, 0.25) is 0 Å². The molecule has 0 aromatic rings. The fourth-order valence-corrected chi connectivity index (χ4v) is 1.40. The van der Waals surface area contributed by atoms with Crippen LogP contribution in [0, 0.1) is 18.3 Å². The third-order valence-corrected chi connectivity index (χ3v) is 1.98. The van der Waals surface area contributed by atoms with E-state index in [4.69, 9.17) is 0 Å². The summed E-state index contributed by atoms with van der Waals surface area (Å²) < 4.78 is 0. The minimum Gasteiger partial charge on any atom is -0.0851 e. The fraction of sp³-hybridized carbons (Fsp3) is 0.571. The summed E-state index contributed by atoms with van der Waals surface area (Å²) in [6.07, 6.45) is 9.73. The first-order valence-electron chi connectivity index (χ1n) is 2.97. The molecule has 0 nitrogen and oxygen atoms in total. The standard InChI is InChI=1S/C7H9/c1-2-6-4-7(3-1)5-6/h1-3,6-7H,4-5H2. The van der Waals surface area contributed by atoms with E-state index in [-0.39, 0.29) is 0 Å². The van der Waals surface area contributed by atoms with E-state index in [1.54, 1.807) is 0 Å². The van der Waals surface area contributed by atoms with Gasteiger partial charge >= 0.3 is 0 Å². The van der Waals surface area contributed by atoms with E-state index in [1.807, 2.05) is 0 Å². The average molecular weight is 93.1 g/mol. The molecule has 0 heteroatoms. The zero-order valence-corrected chi connectivity index (χ0v) is 4.30. The highest BCUT2D eigenvalue weighted by molar-refractivity contribution is 5.13. The van der Waals surface area contributed by atoms with Crippen molar-refractivity contribution in [2.75, 3.05) is 0 Å². The van der Waals surface area contributed by atoms with Gasteiger partial charge in [0.1, 0.15) is 0 Å². The summed E-state index contributed by atoms with van der Waals surface area (Å²) in [5.74, 6) is 1.94. The van der Waals surface area contributed by atoms with Crippen LogP contribution in [0.15, 0.2) is 12.2 Å². The molecule has 0 unspecified atom stereocenters. The zero-order chi connectivity index (χ0) is 4.69. The maximum Gasteiger partial charge on any atom is -0.0139 e. The maximum atomic E-state index is 2.32. The molecular formula is C7H9. The van der Waals surface area contributed by atoms with Crippen LogP contribution in [0.1, 0.15) is 12.8 Å². The molecule has 1 radical (unpaired) electrons. The lowest BCUT2D eigenvalue weighted by atomic mass is 9.69. The number of hydrogen-bond acceptors (Lipinski definition) is 0. The second kappa shape index (κ2) is 1.12. The molecule has 3 aliphatic carbocycles. The molecule has 0 atom stereocenters. The summed E-state index contributed by atoms with van der Waals surface area (Å²) in [6.45, 7) is 0. The predicted octanol–water partition coefficient (Wildman–Crippen LogP) is 1.79. The zero-order valence-electron chi connectivity index (χ0n) is 4.30. The summed E-state index contributed by atoms with van der Waals surface area (Å²) in [7, 11) is 0. The number of hydrogen-bond donors (Lipinski definition) is 0. The lowest BCUT2D eigenvalue weighted by molar-refractivity contribution is 0.268. The molecule has 0 N–H and O–H groups in total. The average Bonchev–Trinajstić information content (AvgIpc) is 1.67. The van der Waals surface area contributed by atoms with Gasteiger partial charge in [0.05, 0.1) is 0 Å². The molecule has 3 rings (SSSR count). The highest BCUT2D eigenvalue weighted by Gasteiger charge is 2.28. The van der Waals surface area contributed by atoms with Gasteiger partial charge in [-0.2, -0.15) is 0 Å². The van der Waals surface area contributed by atoms with Crippen molar-refractivity contribution in [1.82, 2.24) is 0 Å². The summed E-state index contributed by atoms with van der Waals surface area (Å²) in [4.78, 5) is 0. The first-order valence-corrected chi connectivity index (χ1v) is 2.97. The molecule has 0 heterocycles. The van der Waals surface area contributed by atoms with Gasteiger partial charge in [-0.15, -0.1) is 0 Å². The third-order valence-electron chi connectivity index (χ3n) is 1.98. The molecule has 0 aliphatic heterocycles. The monoisotopic (exact) mass is 93.1 g/mol. The molecule has 0 aromatic heterocycles. The number of allylic oxidation sites excluding steroid dienone is 2. The third kappa shape index (κ3) is 0.425. The number of rotatable bonds is 0. The second-order valence-electron chi connectivity index (χ2n) is 2.57. The largest absolute Gasteiger partial charge is 0.0851 e. The molecule has 0 spiro atoms. The van der Waals surface area contributed by atoms with Crippen LogP contribution in [-0.4, -0.2) is 0 Å². The Bertz CT molecular complexity index is 96.6. The summed E-state index contributed by atoms with van der Waals surface area (Å²) in [6, 6.07) is 0. The molecule has 7 heavy (non-hydrogen) atoms. The van der Waals surface area contributed by atoms with Gasteiger partial charge in [-0.1, -0.05) is 12.2 Å². The van der Waals surface area contributed by atoms with Crippen molar-refractivity contribution in [2.24, 2.45) is 11.8 Å². The highest BCUT2D eigenvalue weighted by atomic mass is 14.3. The fourth-order valence-electron chi connectivity index (χ4n) is 1.40. The van der Waals surface area contributed by atoms with Crippen molar-refractivity contribution in [1.29, 1.82) is 0 Å². The quantitative estimate of drug-likeness (QED) is 0.428. The van der Waals surface area contributed by atoms with Crippen LogP contribution in [0.2, 0.25) is 0 Å². The maximum absolute atomic E-state index is 2.32. The molecule has 0 saturated heterocycles. The van der Waals surface area contributed by atoms with E-state index in [0.717, 1.165) is 11.8 Å². The Labute approximate surface area is 44.2 Å². The smallest absolute Gasteiger partial charge is 0.0139 e. The summed E-state index contributed by atoms with van der Waals surface area (Å²) >= 11 is 0. The Kier molecular flexibility index (Phi) is 0.592. The first-order chi connectivity index (χ1) is 3.45. The molecule has 2 bridgehead atoms. The van der Waals surface area contributed by atoms with Crippen molar-refractivity contribution in [3.63, 3.8) is 0 Å². The molecule has 1 saturated carbocycles. The van der Waals surface area contributed by atoms with Crippen LogP contribution >= 0.6 is 0 Å². The van der Waals surface area contributed by atoms with Gasteiger partial charge in [0, 0.05) is 0 Å². The molecule has 37 valence electrons. The Balaban J connectivity index is 2.18. The number of fused-ring (bicyclic) bond motifs is 1. The lowest BCUT2D eigenvalue weighted by Crippen LogP contribution is -2.24. The predicted molar refractivity (Wildman–Crippen MR) is 29.7 cm³/mol. The van der Waals surface area contributed by atoms with Gasteiger partial charge in [-0.3, -0.25) is 0 Å². The summed E-state index contributed by atoms with van der Waals surface area (Å²) in [5.41, 5.74) is 0. The van der Waals surface area contributed by atoms with Crippen molar-refractivity contribution in [3.8, 4) is 0 Å². The topological polar surface area (TPSA) is 0 Å². The Morgan fingerprint density at radius 2 is 2.00 bits per heavy atom. The molecular weight excluding hydrogens is 84.1 g/mol. The van der Waals surface area contributed by atoms with Crippen LogP contribution in [0.5, 0.6) is 0 Å². The van der Waals surface area contributed by atoms with Crippen molar-refractivity contribution < 1.29 is 0 Å². The lowest BCUT2D eigenvalue weighted by Gasteiger charge is -2.36. The highest BCUT2D eigenvalue weighted by Crippen LogP contribution is 2.40. The molecule has 0 amide bonds. The van der Waals surface area contributed by atoms with Gasteiger partial charge in [0.15, 0.2) is 0 Å². The second-order valence-corrected chi connectivity index (χ2v) is 2.57. The van der Waals surface area contributed by atoms with Crippen LogP contribution < -0.4 is 0 Å². The SMILES string of the molecule is [CH]1C=CC2CC1C2. The van der Waals surface area contributed by atoms with E-state index in [9.17, 15) is 0 Å². The normalized spacial score (nSPS) is 45.7. The van der Waals surface area contributed by atoms with E-state index < -0.39 is 0 Å². The summed E-state index contributed by atoms with van der Waals surface area (Å²) in [5, 5.41) is 0. The van der Waals surface area contributed by atoms with E-state index in [1.165, 1.54) is 12.8 Å². The Morgan fingerprint density at radius 1 is 1.14 bits per heavy atom. The van der Waals surface area contributed by atoms with Crippen molar-refractivity contribution in [2.45, 2.75) is 12.8 Å². The minimum absolute atomic E-state index is 0.968. The van der Waals surface area contributed by atoms with Crippen molar-refractivity contribution >= 4 is 0 Å². The van der Waals surface area contributed by atoms with Crippen molar-refractivity contribution in [3.05, 3.63) is 18.6 Å². The molecule has 1 fully saturated rings. The Morgan fingerprint density at radius 3 is 2.14 bits per heavy atom. The van der Waals surface area contributed by atoms with E-state index >= 15 is 0 Å². The van der Waals surface area contributed by atoms with Gasteiger partial charge in [-0.05, 0) is 31.1 Å². The Hall–Kier alpha value is -0.260. The van der Waals surface area contributed by atoms with Gasteiger partial charge < -0.3 is 0 Å². The first kappa shape index (κ1) is 3.71. The molecule has 0 aromatic carbocycles. The van der Waals surface area contributed by atoms with Gasteiger partial charge in [-0.25, -0.2) is 0 Å². The van der Waals surface area contributed by atoms with E-state index in [2.05, 4.69) is 18.6 Å². The van der Waals surface area contributed by atoms with Crippen LogP contribution in [0.4, 0.5) is 0 Å². The van der Waals surface area contributed by atoms with Crippen LogP contribution in [-0.2, 0) is 0 Å². The van der Waals surface area contributed by atoms with Crippen LogP contribution in [0.25, 0.3) is 0 Å². The minimum atomic E-state index is 0.968. The molecule has 3 aliphatic rings. The van der Waals surface area contributed by atoms with Crippen LogP contribution in [0.3, 0.4) is 0 Å². The van der Waals surface area contributed by atoms with E-state index in [0.29, 0.717) is 0 Å². The van der Waals surface area contributed by atoms with Gasteiger partial charge in [0.25, 0.3) is 0 Å².